The van der Waals surface area contributed by atoms with Crippen molar-refractivity contribution in [3.05, 3.63) is 0 Å². The van der Waals surface area contributed by atoms with Gasteiger partial charge >= 0.3 is 0 Å². The fourth-order valence-corrected chi connectivity index (χ4v) is 7.26. The lowest BCUT2D eigenvalue weighted by atomic mass is 10.5. The minimum absolute atomic E-state index is 0. The third-order valence-electron chi connectivity index (χ3n) is 3.50. The van der Waals surface area contributed by atoms with Crippen LogP contribution >= 0.6 is 7.26 Å². The van der Waals surface area contributed by atoms with Crippen LogP contribution < -0.4 is 17.0 Å². The summed E-state index contributed by atoms with van der Waals surface area (Å²) in [6.07, 6.45) is 1.36. The molecule has 0 spiro atoms. The fraction of sp³-hybridized carbons (Fsp3) is 0.917. The van der Waals surface area contributed by atoms with Crippen LogP contribution in [0.5, 0.6) is 0 Å². The van der Waals surface area contributed by atoms with Gasteiger partial charge in [0.05, 0.1) is 0 Å². The second kappa shape index (κ2) is 9.23. The first-order valence-corrected chi connectivity index (χ1v) is 8.31. The number of aliphatic hydroxyl groups excluding tert-OH is 3. The molecule has 108 valence electrons. The number of nitriles is 1. The minimum Gasteiger partial charge on any atom is -1.00 e. The van der Waals surface area contributed by atoms with Gasteiger partial charge < -0.3 is 32.3 Å². The van der Waals surface area contributed by atoms with Crippen molar-refractivity contribution in [3.8, 4) is 6.07 Å². The Bertz CT molecular complexity index is 246. The van der Waals surface area contributed by atoms with E-state index in [1.54, 1.807) is 6.92 Å². The van der Waals surface area contributed by atoms with E-state index in [1.165, 1.54) is 0 Å². The molecule has 18 heavy (non-hydrogen) atoms. The smallest absolute Gasteiger partial charge is 0.170 e. The molecule has 0 aliphatic carbocycles. The van der Waals surface area contributed by atoms with Crippen molar-refractivity contribution in [2.24, 2.45) is 0 Å². The number of hydrogen-bond donors (Lipinski definition) is 3. The van der Waals surface area contributed by atoms with E-state index in [-0.39, 0.29) is 17.0 Å². The lowest BCUT2D eigenvalue weighted by Gasteiger charge is -2.39. The number of rotatable bonds is 7. The number of halogens is 1. The highest BCUT2D eigenvalue weighted by molar-refractivity contribution is 7.78. The standard InChI is InChI=1S/C12H25NO3P.BrH/c1-5-10(14)17(9(4)8-13,11(15)6-2)12(16)7-3;/h9-12,14-16H,5-7H2,1-4H3;1H/q+1;/p-1. The van der Waals surface area contributed by atoms with Crippen LogP contribution in [0.3, 0.4) is 0 Å². The van der Waals surface area contributed by atoms with Crippen LogP contribution in [0.4, 0.5) is 0 Å². The average molecular weight is 342 g/mol. The molecule has 0 aliphatic rings. The summed E-state index contributed by atoms with van der Waals surface area (Å²) in [5, 5.41) is 39.9. The highest BCUT2D eigenvalue weighted by Crippen LogP contribution is 2.73. The van der Waals surface area contributed by atoms with Crippen molar-refractivity contribution in [2.75, 3.05) is 0 Å². The van der Waals surface area contributed by atoms with Crippen LogP contribution in [0.1, 0.15) is 47.0 Å². The molecule has 4 atom stereocenters. The maximum atomic E-state index is 10.3. The van der Waals surface area contributed by atoms with Gasteiger partial charge in [-0.1, -0.05) is 20.8 Å². The molecule has 3 N–H and O–H groups in total. The van der Waals surface area contributed by atoms with E-state index in [2.05, 4.69) is 6.07 Å². The van der Waals surface area contributed by atoms with Gasteiger partial charge in [0.2, 0.25) is 0 Å². The zero-order valence-electron chi connectivity index (χ0n) is 11.5. The van der Waals surface area contributed by atoms with Crippen LogP contribution in [-0.2, 0) is 0 Å². The molecule has 0 aliphatic heterocycles. The molecule has 0 aromatic carbocycles. The number of nitrogens with zero attached hydrogens (tertiary/aromatic N) is 1. The Kier molecular flexibility index (Phi) is 10.6. The van der Waals surface area contributed by atoms with Crippen LogP contribution in [0.2, 0.25) is 0 Å². The minimum atomic E-state index is -2.55. The summed E-state index contributed by atoms with van der Waals surface area (Å²) < 4.78 is 0. The van der Waals surface area contributed by atoms with Gasteiger partial charge in [-0.05, 0) is 6.92 Å². The van der Waals surface area contributed by atoms with Gasteiger partial charge in [0.15, 0.2) is 23.2 Å². The zero-order valence-corrected chi connectivity index (χ0v) is 14.0. The maximum Gasteiger partial charge on any atom is 0.170 e. The van der Waals surface area contributed by atoms with Gasteiger partial charge in [0.1, 0.15) is 13.3 Å². The van der Waals surface area contributed by atoms with Crippen molar-refractivity contribution in [2.45, 2.75) is 70.2 Å². The van der Waals surface area contributed by atoms with E-state index in [9.17, 15) is 15.3 Å². The molecule has 0 aromatic heterocycles. The van der Waals surface area contributed by atoms with E-state index in [0.717, 1.165) is 0 Å². The molecule has 0 fully saturated rings. The lowest BCUT2D eigenvalue weighted by molar-refractivity contribution is -0.00000859. The van der Waals surface area contributed by atoms with Gasteiger partial charge in [-0.2, -0.15) is 5.26 Å². The highest BCUT2D eigenvalue weighted by Gasteiger charge is 2.59. The summed E-state index contributed by atoms with van der Waals surface area (Å²) in [5.41, 5.74) is -0.498. The van der Waals surface area contributed by atoms with Gasteiger partial charge in [-0.25, -0.2) is 0 Å². The summed E-state index contributed by atoms with van der Waals surface area (Å²) in [5.74, 6) is -2.33. The molecule has 4 nitrogen and oxygen atoms in total. The number of hydrogen-bond acceptors (Lipinski definition) is 4. The monoisotopic (exact) mass is 341 g/mol. The predicted molar refractivity (Wildman–Crippen MR) is 70.9 cm³/mol. The average Bonchev–Trinajstić information content (AvgIpc) is 2.37. The molecule has 4 unspecified atom stereocenters. The Morgan fingerprint density at radius 1 is 0.944 bits per heavy atom. The second-order valence-corrected chi connectivity index (χ2v) is 8.72. The molecule has 0 aromatic rings. The third kappa shape index (κ3) is 3.65. The summed E-state index contributed by atoms with van der Waals surface area (Å²) in [6, 6.07) is 2.12. The molecule has 0 amide bonds. The van der Waals surface area contributed by atoms with Gasteiger partial charge in [-0.3, -0.25) is 0 Å². The maximum absolute atomic E-state index is 10.3. The third-order valence-corrected chi connectivity index (χ3v) is 9.15. The Morgan fingerprint density at radius 3 is 1.39 bits per heavy atom. The van der Waals surface area contributed by atoms with Crippen molar-refractivity contribution in [1.82, 2.24) is 0 Å². The summed E-state index contributed by atoms with van der Waals surface area (Å²) in [6.45, 7) is 7.14. The van der Waals surface area contributed by atoms with Crippen molar-refractivity contribution >= 4 is 7.26 Å². The van der Waals surface area contributed by atoms with E-state index in [4.69, 9.17) is 5.26 Å². The van der Waals surface area contributed by atoms with Crippen molar-refractivity contribution in [1.29, 1.82) is 5.26 Å². The Morgan fingerprint density at radius 2 is 1.22 bits per heavy atom. The Balaban J connectivity index is 0. The largest absolute Gasteiger partial charge is 1.00 e. The van der Waals surface area contributed by atoms with Crippen molar-refractivity contribution in [3.63, 3.8) is 0 Å². The first-order valence-electron chi connectivity index (χ1n) is 6.24. The first-order chi connectivity index (χ1) is 7.93. The van der Waals surface area contributed by atoms with Crippen molar-refractivity contribution < 1.29 is 32.3 Å². The van der Waals surface area contributed by atoms with Gasteiger partial charge in [0, 0.05) is 19.3 Å². The summed E-state index contributed by atoms with van der Waals surface area (Å²) >= 11 is 0. The molecule has 0 radical (unpaired) electrons. The topological polar surface area (TPSA) is 84.5 Å². The second-order valence-electron chi connectivity index (χ2n) is 4.37. The van der Waals surface area contributed by atoms with E-state index in [0.29, 0.717) is 19.3 Å². The predicted octanol–water partition coefficient (Wildman–Crippen LogP) is -0.895. The van der Waals surface area contributed by atoms with Gasteiger partial charge in [-0.15, -0.1) is 0 Å². The SMILES string of the molecule is CCC(O)[P+](C(C)C#N)(C(O)CC)C(O)CC.[Br-]. The van der Waals surface area contributed by atoms with Crippen LogP contribution in [0.25, 0.3) is 0 Å². The van der Waals surface area contributed by atoms with Crippen LogP contribution in [-0.4, -0.2) is 38.5 Å². The fourth-order valence-electron chi connectivity index (χ4n) is 2.42. The lowest BCUT2D eigenvalue weighted by Crippen LogP contribution is -3.00. The quantitative estimate of drug-likeness (QED) is 0.524. The molecule has 0 bridgehead atoms. The molecule has 0 saturated carbocycles. The van der Waals surface area contributed by atoms with Crippen LogP contribution in [0.15, 0.2) is 0 Å². The zero-order chi connectivity index (χ0) is 13.6. The Hall–Kier alpha value is 0.280. The molecule has 0 heterocycles. The highest BCUT2D eigenvalue weighted by atomic mass is 79.9. The molecule has 6 heteroatoms. The summed E-state index contributed by atoms with van der Waals surface area (Å²) in [4.78, 5) is 0. The molecule has 0 saturated heterocycles. The molecule has 0 rings (SSSR count). The summed E-state index contributed by atoms with van der Waals surface area (Å²) in [7, 11) is -2.55. The van der Waals surface area contributed by atoms with E-state index < -0.39 is 30.5 Å². The van der Waals surface area contributed by atoms with E-state index in [1.807, 2.05) is 20.8 Å². The van der Waals surface area contributed by atoms with E-state index >= 15 is 0 Å². The van der Waals surface area contributed by atoms with Crippen LogP contribution in [0, 0.1) is 11.3 Å². The Labute approximate surface area is 121 Å². The first kappa shape index (κ1) is 20.6. The normalized spacial score (nSPS) is 20.8. The van der Waals surface area contributed by atoms with Gasteiger partial charge in [0.25, 0.3) is 0 Å². The molecular weight excluding hydrogens is 317 g/mol. The number of aliphatic hydroxyl groups is 3. The molecular formula is C12H25BrNO3P.